The van der Waals surface area contributed by atoms with Gasteiger partial charge in [-0.1, -0.05) is 29.8 Å². The van der Waals surface area contributed by atoms with Crippen molar-refractivity contribution in [2.24, 2.45) is 0 Å². The van der Waals surface area contributed by atoms with E-state index in [1.54, 1.807) is 0 Å². The zero-order chi connectivity index (χ0) is 14.5. The molecule has 0 aliphatic heterocycles. The average Bonchev–Trinajstić information content (AvgIpc) is 2.31. The molecule has 0 unspecified atom stereocenters. The summed E-state index contributed by atoms with van der Waals surface area (Å²) < 4.78 is 0. The summed E-state index contributed by atoms with van der Waals surface area (Å²) in [7, 11) is 0. The summed E-state index contributed by atoms with van der Waals surface area (Å²) in [6.07, 6.45) is 2.95. The highest BCUT2D eigenvalue weighted by atomic mass is 16.1. The quantitative estimate of drug-likeness (QED) is 0.837. The van der Waals surface area contributed by atoms with Gasteiger partial charge in [0.2, 0.25) is 5.91 Å². The van der Waals surface area contributed by atoms with Crippen LogP contribution in [0.3, 0.4) is 0 Å². The van der Waals surface area contributed by atoms with Crippen molar-refractivity contribution >= 4 is 5.91 Å². The lowest BCUT2D eigenvalue weighted by Gasteiger charge is -2.36. The third kappa shape index (κ3) is 4.34. The summed E-state index contributed by atoms with van der Waals surface area (Å²) in [5.41, 5.74) is 2.80. The highest BCUT2D eigenvalue weighted by Crippen LogP contribution is 2.36. The summed E-state index contributed by atoms with van der Waals surface area (Å²) in [5.74, 6) is 0.832. The molecule has 1 aliphatic rings. The molecule has 1 saturated carbocycles. The molecule has 1 fully saturated rings. The molecule has 1 aromatic carbocycles. The second kappa shape index (κ2) is 6.89. The minimum atomic E-state index is 0.141. The van der Waals surface area contributed by atoms with Crippen LogP contribution in [-0.4, -0.2) is 24.5 Å². The van der Waals surface area contributed by atoms with Crippen LogP contribution in [0.25, 0.3) is 0 Å². The molecule has 3 nitrogen and oxygen atoms in total. The molecule has 1 aliphatic carbocycles. The SMILES string of the molecule is Cc1cccc(C2CC(NCCC(=O)NC(C)C)C2)c1. The third-order valence-electron chi connectivity index (χ3n) is 3.89. The van der Waals surface area contributed by atoms with E-state index in [0.29, 0.717) is 18.4 Å². The molecule has 0 spiro atoms. The van der Waals surface area contributed by atoms with E-state index < -0.39 is 0 Å². The fourth-order valence-corrected chi connectivity index (χ4v) is 2.76. The summed E-state index contributed by atoms with van der Waals surface area (Å²) in [6.45, 7) is 6.91. The van der Waals surface area contributed by atoms with E-state index in [1.807, 2.05) is 13.8 Å². The zero-order valence-electron chi connectivity index (χ0n) is 12.8. The number of amides is 1. The molecule has 1 amide bonds. The molecule has 0 atom stereocenters. The standard InChI is InChI=1S/C17H26N2O/c1-12(2)19-17(20)7-8-18-16-10-15(11-16)14-6-4-5-13(3)9-14/h4-6,9,12,15-16,18H,7-8,10-11H2,1-3H3,(H,19,20). The van der Waals surface area contributed by atoms with Crippen molar-refractivity contribution in [2.45, 2.75) is 58.0 Å². The van der Waals surface area contributed by atoms with Crippen LogP contribution in [0.2, 0.25) is 0 Å². The number of nitrogens with one attached hydrogen (secondary N) is 2. The Hall–Kier alpha value is -1.35. The molecule has 2 N–H and O–H groups in total. The van der Waals surface area contributed by atoms with Gasteiger partial charge in [0.05, 0.1) is 0 Å². The number of rotatable bonds is 6. The van der Waals surface area contributed by atoms with Gasteiger partial charge < -0.3 is 10.6 Å². The fourth-order valence-electron chi connectivity index (χ4n) is 2.76. The van der Waals surface area contributed by atoms with E-state index >= 15 is 0 Å². The van der Waals surface area contributed by atoms with Crippen molar-refractivity contribution in [1.82, 2.24) is 10.6 Å². The predicted molar refractivity (Wildman–Crippen MR) is 82.8 cm³/mol. The summed E-state index contributed by atoms with van der Waals surface area (Å²) in [6, 6.07) is 9.61. The number of benzene rings is 1. The van der Waals surface area contributed by atoms with E-state index in [-0.39, 0.29) is 11.9 Å². The van der Waals surface area contributed by atoms with Crippen LogP contribution >= 0.6 is 0 Å². The minimum Gasteiger partial charge on any atom is -0.354 e. The highest BCUT2D eigenvalue weighted by Gasteiger charge is 2.29. The first-order valence-corrected chi connectivity index (χ1v) is 7.64. The molecule has 3 heteroatoms. The van der Waals surface area contributed by atoms with Gasteiger partial charge in [-0.2, -0.15) is 0 Å². The minimum absolute atomic E-state index is 0.141. The van der Waals surface area contributed by atoms with Crippen LogP contribution in [0.1, 0.15) is 50.2 Å². The molecule has 2 rings (SSSR count). The van der Waals surface area contributed by atoms with Crippen molar-refractivity contribution in [3.63, 3.8) is 0 Å². The third-order valence-corrected chi connectivity index (χ3v) is 3.89. The number of aryl methyl sites for hydroxylation is 1. The Bertz CT molecular complexity index is 450. The summed E-state index contributed by atoms with van der Waals surface area (Å²) in [5, 5.41) is 6.39. The second-order valence-corrected chi connectivity index (χ2v) is 6.21. The maximum atomic E-state index is 11.5. The number of carbonyl (C=O) groups excluding carboxylic acids is 1. The summed E-state index contributed by atoms with van der Waals surface area (Å²) >= 11 is 0. The van der Waals surface area contributed by atoms with E-state index in [2.05, 4.69) is 41.8 Å². The summed E-state index contributed by atoms with van der Waals surface area (Å²) in [4.78, 5) is 11.5. The van der Waals surface area contributed by atoms with Crippen LogP contribution in [0.4, 0.5) is 0 Å². The van der Waals surface area contributed by atoms with E-state index in [9.17, 15) is 4.79 Å². The molecule has 110 valence electrons. The Morgan fingerprint density at radius 1 is 1.35 bits per heavy atom. The van der Waals surface area contributed by atoms with Gasteiger partial charge in [-0.05, 0) is 45.1 Å². The molecule has 0 aromatic heterocycles. The van der Waals surface area contributed by atoms with Crippen LogP contribution in [0, 0.1) is 6.92 Å². The zero-order valence-corrected chi connectivity index (χ0v) is 12.8. The Kier molecular flexibility index (Phi) is 5.18. The van der Waals surface area contributed by atoms with Gasteiger partial charge in [-0.3, -0.25) is 4.79 Å². The normalized spacial score (nSPS) is 21.6. The molecule has 0 saturated heterocycles. The first kappa shape index (κ1) is 15.0. The Balaban J connectivity index is 1.64. The Morgan fingerprint density at radius 3 is 2.75 bits per heavy atom. The molecule has 0 bridgehead atoms. The smallest absolute Gasteiger partial charge is 0.221 e. The van der Waals surface area contributed by atoms with Gasteiger partial charge >= 0.3 is 0 Å². The van der Waals surface area contributed by atoms with Crippen molar-refractivity contribution in [3.05, 3.63) is 35.4 Å². The van der Waals surface area contributed by atoms with Crippen molar-refractivity contribution in [1.29, 1.82) is 0 Å². The lowest BCUT2D eigenvalue weighted by Crippen LogP contribution is -2.42. The molecular formula is C17H26N2O. The van der Waals surface area contributed by atoms with E-state index in [0.717, 1.165) is 6.54 Å². The van der Waals surface area contributed by atoms with Crippen molar-refractivity contribution < 1.29 is 4.79 Å². The van der Waals surface area contributed by atoms with E-state index in [1.165, 1.54) is 24.0 Å². The molecule has 0 heterocycles. The number of carbonyl (C=O) groups is 1. The van der Waals surface area contributed by atoms with Gasteiger partial charge in [-0.25, -0.2) is 0 Å². The van der Waals surface area contributed by atoms with Crippen molar-refractivity contribution in [2.75, 3.05) is 6.54 Å². The van der Waals surface area contributed by atoms with Crippen molar-refractivity contribution in [3.8, 4) is 0 Å². The first-order valence-electron chi connectivity index (χ1n) is 7.64. The van der Waals surface area contributed by atoms with Crippen LogP contribution < -0.4 is 10.6 Å². The molecule has 1 aromatic rings. The van der Waals surface area contributed by atoms with Gasteiger partial charge in [0, 0.05) is 25.0 Å². The number of hydrogen-bond donors (Lipinski definition) is 2. The van der Waals surface area contributed by atoms with Gasteiger partial charge in [0.25, 0.3) is 0 Å². The second-order valence-electron chi connectivity index (χ2n) is 6.21. The maximum Gasteiger partial charge on any atom is 0.221 e. The maximum absolute atomic E-state index is 11.5. The lowest BCUT2D eigenvalue weighted by atomic mass is 9.75. The first-order chi connectivity index (χ1) is 9.54. The largest absolute Gasteiger partial charge is 0.354 e. The Morgan fingerprint density at radius 2 is 2.10 bits per heavy atom. The number of hydrogen-bond acceptors (Lipinski definition) is 2. The average molecular weight is 274 g/mol. The van der Waals surface area contributed by atoms with Crippen LogP contribution in [0.5, 0.6) is 0 Å². The van der Waals surface area contributed by atoms with Gasteiger partial charge in [0.1, 0.15) is 0 Å². The molecule has 0 radical (unpaired) electrons. The van der Waals surface area contributed by atoms with Gasteiger partial charge in [0.15, 0.2) is 0 Å². The Labute approximate surface area is 122 Å². The van der Waals surface area contributed by atoms with Gasteiger partial charge in [-0.15, -0.1) is 0 Å². The fraction of sp³-hybridized carbons (Fsp3) is 0.588. The topological polar surface area (TPSA) is 41.1 Å². The molecular weight excluding hydrogens is 248 g/mol. The monoisotopic (exact) mass is 274 g/mol. The van der Waals surface area contributed by atoms with E-state index in [4.69, 9.17) is 0 Å². The highest BCUT2D eigenvalue weighted by molar-refractivity contribution is 5.76. The predicted octanol–water partition coefficient (Wildman–Crippen LogP) is 2.75. The molecule has 20 heavy (non-hydrogen) atoms. The lowest BCUT2D eigenvalue weighted by molar-refractivity contribution is -0.121. The van der Waals surface area contributed by atoms with Crippen LogP contribution in [-0.2, 0) is 4.79 Å². The van der Waals surface area contributed by atoms with Crippen LogP contribution in [0.15, 0.2) is 24.3 Å².